The molecule has 0 spiro atoms. The fourth-order valence-electron chi connectivity index (χ4n) is 0.842. The smallest absolute Gasteiger partial charge is 0.330 e. The van der Waals surface area contributed by atoms with Crippen LogP contribution in [0.5, 0.6) is 0 Å². The summed E-state index contributed by atoms with van der Waals surface area (Å²) in [4.78, 5) is 32.7. The summed E-state index contributed by atoms with van der Waals surface area (Å²) in [5.74, 6) is -0.217. The molecule has 1 amide bonds. The van der Waals surface area contributed by atoms with Crippen LogP contribution in [0.15, 0.2) is 9.59 Å². The SMILES string of the molecule is CNC(=O)CCn1[c]n[nH]c(=O)c1=O. The van der Waals surface area contributed by atoms with Gasteiger partial charge in [0.25, 0.3) is 0 Å². The lowest BCUT2D eigenvalue weighted by Gasteiger charge is -2.01. The van der Waals surface area contributed by atoms with E-state index in [2.05, 4.69) is 16.7 Å². The van der Waals surface area contributed by atoms with Crippen molar-refractivity contribution in [2.24, 2.45) is 0 Å². The predicted octanol–water partition coefficient (Wildman–Crippen LogP) is -2.13. The number of H-pyrrole nitrogens is 1. The van der Waals surface area contributed by atoms with E-state index in [1.165, 1.54) is 7.05 Å². The van der Waals surface area contributed by atoms with Crippen LogP contribution in [0.25, 0.3) is 0 Å². The molecule has 0 aromatic carbocycles. The molecule has 0 aliphatic heterocycles. The van der Waals surface area contributed by atoms with E-state index in [-0.39, 0.29) is 18.9 Å². The predicted molar refractivity (Wildman–Crippen MR) is 46.6 cm³/mol. The summed E-state index contributed by atoms with van der Waals surface area (Å²) >= 11 is 0. The molecule has 0 bridgehead atoms. The topological polar surface area (TPSA) is 96.8 Å². The number of nitrogens with zero attached hydrogens (tertiary/aromatic N) is 2. The van der Waals surface area contributed by atoms with Gasteiger partial charge in [-0.1, -0.05) is 0 Å². The van der Waals surface area contributed by atoms with Gasteiger partial charge in [0.2, 0.25) is 12.2 Å². The first-order valence-electron chi connectivity index (χ1n) is 3.93. The second-order valence-corrected chi connectivity index (χ2v) is 2.53. The Balaban J connectivity index is 2.78. The highest BCUT2D eigenvalue weighted by atomic mass is 16.2. The van der Waals surface area contributed by atoms with Crippen molar-refractivity contribution in [3.8, 4) is 0 Å². The first kappa shape index (κ1) is 10.2. The summed E-state index contributed by atoms with van der Waals surface area (Å²) in [6, 6.07) is 0. The molecule has 0 atom stereocenters. The van der Waals surface area contributed by atoms with Gasteiger partial charge in [-0.25, -0.2) is 5.10 Å². The van der Waals surface area contributed by atoms with Crippen molar-refractivity contribution < 1.29 is 4.79 Å². The number of hydrogen-bond acceptors (Lipinski definition) is 4. The Kier molecular flexibility index (Phi) is 3.16. The Labute approximate surface area is 78.8 Å². The maximum absolute atomic E-state index is 11.1. The summed E-state index contributed by atoms with van der Waals surface area (Å²) in [7, 11) is 1.49. The Hall–Kier alpha value is -1.92. The van der Waals surface area contributed by atoms with E-state index in [9.17, 15) is 14.4 Å². The van der Waals surface area contributed by atoms with Crippen LogP contribution < -0.4 is 16.4 Å². The lowest BCUT2D eigenvalue weighted by Crippen LogP contribution is -2.37. The molecule has 0 saturated heterocycles. The summed E-state index contributed by atoms with van der Waals surface area (Å²) in [5, 5.41) is 7.66. The molecule has 0 fully saturated rings. The third-order valence-corrected chi connectivity index (χ3v) is 1.61. The molecule has 75 valence electrons. The lowest BCUT2D eigenvalue weighted by atomic mass is 10.4. The Bertz CT molecular complexity index is 433. The number of aromatic nitrogens is 3. The summed E-state index contributed by atoms with van der Waals surface area (Å²) < 4.78 is 0.966. The number of carbonyl (C=O) groups excluding carboxylic acids is 1. The van der Waals surface area contributed by atoms with Crippen LogP contribution in [0.1, 0.15) is 6.42 Å². The standard InChI is InChI=1S/C7H9N4O3/c1-8-5(12)2-3-11-4-9-10-6(13)7(11)14/h2-3H2,1H3,(H,8,12)(H,10,13). The monoisotopic (exact) mass is 197 g/mol. The Morgan fingerprint density at radius 2 is 2.36 bits per heavy atom. The van der Waals surface area contributed by atoms with Crippen molar-refractivity contribution in [3.63, 3.8) is 0 Å². The molecule has 0 unspecified atom stereocenters. The maximum atomic E-state index is 11.1. The van der Waals surface area contributed by atoms with Gasteiger partial charge < -0.3 is 5.32 Å². The molecule has 7 heteroatoms. The number of aryl methyl sites for hydroxylation is 1. The van der Waals surface area contributed by atoms with E-state index in [1.54, 1.807) is 0 Å². The fraction of sp³-hybridized carbons (Fsp3) is 0.429. The van der Waals surface area contributed by atoms with Crippen LogP contribution >= 0.6 is 0 Å². The lowest BCUT2D eigenvalue weighted by molar-refractivity contribution is -0.120. The van der Waals surface area contributed by atoms with E-state index < -0.39 is 11.1 Å². The van der Waals surface area contributed by atoms with Gasteiger partial charge in [0.15, 0.2) is 0 Å². The number of hydrogen-bond donors (Lipinski definition) is 2. The highest BCUT2D eigenvalue weighted by Gasteiger charge is 2.03. The van der Waals surface area contributed by atoms with Gasteiger partial charge >= 0.3 is 11.1 Å². The average Bonchev–Trinajstić information content (AvgIpc) is 2.20. The summed E-state index contributed by atoms with van der Waals surface area (Å²) in [6.45, 7) is 0.0927. The molecule has 2 N–H and O–H groups in total. The highest BCUT2D eigenvalue weighted by Crippen LogP contribution is 1.82. The molecule has 0 aliphatic carbocycles. The zero-order valence-corrected chi connectivity index (χ0v) is 7.53. The van der Waals surface area contributed by atoms with E-state index >= 15 is 0 Å². The van der Waals surface area contributed by atoms with Gasteiger partial charge in [0.05, 0.1) is 0 Å². The number of nitrogens with one attached hydrogen (secondary N) is 2. The third-order valence-electron chi connectivity index (χ3n) is 1.61. The van der Waals surface area contributed by atoms with Crippen molar-refractivity contribution >= 4 is 5.91 Å². The average molecular weight is 197 g/mol. The fourth-order valence-corrected chi connectivity index (χ4v) is 0.842. The minimum absolute atomic E-state index is 0.0927. The summed E-state index contributed by atoms with van der Waals surface area (Å²) in [5.41, 5.74) is -1.58. The second kappa shape index (κ2) is 4.35. The minimum atomic E-state index is -0.819. The number of amides is 1. The molecule has 1 heterocycles. The number of rotatable bonds is 3. The van der Waals surface area contributed by atoms with Crippen LogP contribution in [0.2, 0.25) is 0 Å². The molecule has 1 aromatic heterocycles. The van der Waals surface area contributed by atoms with Crippen molar-refractivity contribution in [1.29, 1.82) is 0 Å². The zero-order valence-electron chi connectivity index (χ0n) is 7.53. The number of aromatic amines is 1. The van der Waals surface area contributed by atoms with Crippen LogP contribution in [0, 0.1) is 6.33 Å². The van der Waals surface area contributed by atoms with E-state index in [1.807, 2.05) is 5.10 Å². The molecule has 1 rings (SSSR count). The van der Waals surface area contributed by atoms with E-state index in [0.29, 0.717) is 0 Å². The molecule has 0 aliphatic rings. The Morgan fingerprint density at radius 1 is 1.64 bits per heavy atom. The van der Waals surface area contributed by atoms with Gasteiger partial charge in [-0.2, -0.15) is 5.10 Å². The van der Waals surface area contributed by atoms with Crippen LogP contribution in [0.3, 0.4) is 0 Å². The Morgan fingerprint density at radius 3 is 3.00 bits per heavy atom. The molecular formula is C7H9N4O3. The van der Waals surface area contributed by atoms with Gasteiger partial charge in [0, 0.05) is 20.0 Å². The van der Waals surface area contributed by atoms with E-state index in [4.69, 9.17) is 0 Å². The normalized spacial score (nSPS) is 9.79. The van der Waals surface area contributed by atoms with Crippen molar-refractivity contribution in [3.05, 3.63) is 27.0 Å². The zero-order chi connectivity index (χ0) is 10.6. The second-order valence-electron chi connectivity index (χ2n) is 2.53. The van der Waals surface area contributed by atoms with Crippen LogP contribution in [-0.4, -0.2) is 27.7 Å². The maximum Gasteiger partial charge on any atom is 0.330 e. The summed E-state index contributed by atoms with van der Waals surface area (Å²) in [6.07, 6.45) is 2.38. The van der Waals surface area contributed by atoms with Crippen molar-refractivity contribution in [1.82, 2.24) is 20.1 Å². The van der Waals surface area contributed by atoms with Crippen LogP contribution in [-0.2, 0) is 11.3 Å². The van der Waals surface area contributed by atoms with Gasteiger partial charge in [0.1, 0.15) is 0 Å². The highest BCUT2D eigenvalue weighted by molar-refractivity contribution is 5.75. The van der Waals surface area contributed by atoms with Crippen LogP contribution in [0.4, 0.5) is 0 Å². The van der Waals surface area contributed by atoms with E-state index in [0.717, 1.165) is 4.57 Å². The quantitative estimate of drug-likeness (QED) is 0.541. The third kappa shape index (κ3) is 2.28. The van der Waals surface area contributed by atoms with Gasteiger partial charge in [-0.05, 0) is 0 Å². The largest absolute Gasteiger partial charge is 0.359 e. The van der Waals surface area contributed by atoms with Crippen molar-refractivity contribution in [2.45, 2.75) is 13.0 Å². The molecular weight excluding hydrogens is 188 g/mol. The molecule has 14 heavy (non-hydrogen) atoms. The first-order valence-corrected chi connectivity index (χ1v) is 3.93. The van der Waals surface area contributed by atoms with Gasteiger partial charge in [-0.15, -0.1) is 0 Å². The van der Waals surface area contributed by atoms with Gasteiger partial charge in [-0.3, -0.25) is 19.0 Å². The molecule has 7 nitrogen and oxygen atoms in total. The minimum Gasteiger partial charge on any atom is -0.359 e. The molecule has 0 saturated carbocycles. The number of carbonyl (C=O) groups is 1. The first-order chi connectivity index (χ1) is 6.65. The molecule has 1 radical (unpaired) electrons. The van der Waals surface area contributed by atoms with Crippen molar-refractivity contribution in [2.75, 3.05) is 7.05 Å². The molecule has 1 aromatic rings.